The van der Waals surface area contributed by atoms with E-state index in [4.69, 9.17) is 14.3 Å². The quantitative estimate of drug-likeness (QED) is 0.0893. The van der Waals surface area contributed by atoms with E-state index in [2.05, 4.69) is 41.3 Å². The number of hydrogen-bond acceptors (Lipinski definition) is 11. The highest BCUT2D eigenvalue weighted by Crippen LogP contribution is 2.44. The molecule has 3 fully saturated rings. The fourth-order valence-electron chi connectivity index (χ4n) is 12.5. The Bertz CT molecular complexity index is 3560. The van der Waals surface area contributed by atoms with Crippen LogP contribution < -0.4 is 16.0 Å². The van der Waals surface area contributed by atoms with Gasteiger partial charge in [-0.2, -0.15) is 59.3 Å². The minimum atomic E-state index is -4.92. The Kier molecular flexibility index (Phi) is 25.1. The van der Waals surface area contributed by atoms with Gasteiger partial charge in [0.05, 0.1) is 23.2 Å². The number of fused-ring (bicyclic) bond motifs is 3. The van der Waals surface area contributed by atoms with Crippen molar-refractivity contribution < 1.29 is 96.0 Å². The van der Waals surface area contributed by atoms with Gasteiger partial charge in [0, 0.05) is 132 Å². The lowest BCUT2D eigenvalue weighted by molar-refractivity contribution is -0.191. The van der Waals surface area contributed by atoms with Crippen molar-refractivity contribution in [3.8, 4) is 0 Å². The largest absolute Gasteiger partial charge is 0.444 e. The number of aromatic nitrogens is 5. The topological polar surface area (TPSA) is 214 Å². The van der Waals surface area contributed by atoms with Gasteiger partial charge in [0.15, 0.2) is 11.4 Å². The maximum absolute atomic E-state index is 13.9. The van der Waals surface area contributed by atoms with Gasteiger partial charge in [-0.3, -0.25) is 19.8 Å². The number of piperidine rings is 3. The van der Waals surface area contributed by atoms with Crippen LogP contribution in [-0.2, 0) is 71.8 Å². The number of carbonyl (C=O) groups is 3. The molecule has 6 aliphatic heterocycles. The van der Waals surface area contributed by atoms with Crippen molar-refractivity contribution in [2.75, 3.05) is 58.9 Å². The average molecular weight is 1400 g/mol. The van der Waals surface area contributed by atoms with Crippen LogP contribution in [-0.4, -0.2) is 129 Å². The number of H-pyrrole nitrogens is 3. The highest BCUT2D eigenvalue weighted by atomic mass is 35.5. The summed E-state index contributed by atoms with van der Waals surface area (Å²) in [4.78, 5) is 61.7. The third-order valence-electron chi connectivity index (χ3n) is 16.9. The third kappa shape index (κ3) is 18.8. The lowest BCUT2D eigenvalue weighted by Gasteiger charge is -2.33. The molecule has 33 heteroatoms. The van der Waals surface area contributed by atoms with Crippen LogP contribution in [0.2, 0.25) is 0 Å². The third-order valence-corrected chi connectivity index (χ3v) is 16.9. The van der Waals surface area contributed by atoms with Crippen molar-refractivity contribution in [1.82, 2.24) is 56.0 Å². The van der Waals surface area contributed by atoms with Crippen molar-refractivity contribution in [3.63, 3.8) is 0 Å². The molecule has 3 saturated heterocycles. The first-order valence-electron chi connectivity index (χ1n) is 30.4. The van der Waals surface area contributed by atoms with E-state index in [1.807, 2.05) is 33.0 Å². The van der Waals surface area contributed by atoms with Crippen molar-refractivity contribution in [3.05, 3.63) is 162 Å². The van der Waals surface area contributed by atoms with Gasteiger partial charge < -0.3 is 40.4 Å². The molecule has 0 aliphatic carbocycles. The lowest BCUT2D eigenvalue weighted by Crippen LogP contribution is -2.39. The van der Waals surface area contributed by atoms with E-state index in [1.165, 1.54) is 21.1 Å². The number of ether oxygens (including phenoxy) is 1. The van der Waals surface area contributed by atoms with Crippen molar-refractivity contribution in [2.24, 2.45) is 0 Å². The first-order chi connectivity index (χ1) is 44.8. The number of benzene rings is 3. The van der Waals surface area contributed by atoms with Gasteiger partial charge in [-0.05, 0) is 137 Å². The van der Waals surface area contributed by atoms with Gasteiger partial charge in [0.2, 0.25) is 0 Å². The molecule has 0 radical (unpaired) electrons. The Hall–Kier alpha value is -7.93. The number of likely N-dealkylation sites (tertiary alicyclic amines) is 2. The van der Waals surface area contributed by atoms with E-state index in [9.17, 15) is 80.2 Å². The normalized spacial score (nSPS) is 17.0. The zero-order valence-corrected chi connectivity index (χ0v) is 52.8. The van der Waals surface area contributed by atoms with E-state index >= 15 is 0 Å². The first-order valence-corrected chi connectivity index (χ1v) is 30.4. The van der Waals surface area contributed by atoms with E-state index < -0.39 is 93.5 Å². The minimum absolute atomic E-state index is 0. The Morgan fingerprint density at radius 2 is 0.896 bits per heavy atom. The second-order valence-corrected chi connectivity index (χ2v) is 24.3. The van der Waals surface area contributed by atoms with Crippen LogP contribution in [0, 0.1) is 34.9 Å². The summed E-state index contributed by atoms with van der Waals surface area (Å²) in [6.07, 6.45) is -8.69. The zero-order chi connectivity index (χ0) is 69.3. The molecule has 3 amide bonds. The molecule has 6 aliphatic rings. The fraction of sp³-hybridized carbons (Fsp3) is 0.492. The predicted octanol–water partition coefficient (Wildman–Crippen LogP) is 12.6. The summed E-state index contributed by atoms with van der Waals surface area (Å²) >= 11 is 0. The van der Waals surface area contributed by atoms with E-state index in [-0.39, 0.29) is 125 Å². The number of nitrogens with zero attached hydrogens (tertiary/aromatic N) is 5. The zero-order valence-electron chi connectivity index (χ0n) is 52.0. The summed E-state index contributed by atoms with van der Waals surface area (Å²) in [5.74, 6) is -10.2. The van der Waals surface area contributed by atoms with Crippen LogP contribution in [0.4, 0.5) is 70.7 Å². The second-order valence-electron chi connectivity index (χ2n) is 24.3. The molecule has 0 bridgehead atoms. The number of carbonyl (C=O) groups excluding carboxylic acids is 5. The number of nitrogens with one attached hydrogen (secondary N) is 6. The molecule has 0 saturated carbocycles. The molecule has 17 nitrogen and oxygen atoms in total. The molecule has 12 rings (SSSR count). The van der Waals surface area contributed by atoms with Gasteiger partial charge in [0.1, 0.15) is 40.5 Å². The van der Waals surface area contributed by atoms with Crippen LogP contribution in [0.1, 0.15) is 167 Å². The molecule has 3 aromatic carbocycles. The van der Waals surface area contributed by atoms with Gasteiger partial charge in [-0.25, -0.2) is 31.1 Å². The molecule has 0 unspecified atom stereocenters. The standard InChI is InChI=1S/2C19H19F5N4O.C12H12F5N.C12H18N2O2.CO2.ClH.H2/c2*20-11-7-12(16(14(21)8-11)19(22,23)24)10-2-5-28(6-3-10)18(29)17-13-9-25-4-1-15(13)26-27-17;13-8-5-9(7-1-3-18-4-2-7)11(10(14)6-8)12(15,16)17;1-12(2,3)16-11(15)14-7-5-10-9(8-14)4-6-13-10;2-1-3;;/h2*7-8,10,25H,1-6,9H2,(H,26,27);5-7,18H,1-4H2;4,6,13H,5,7-8H2,1-3H3;;2*1H. The number of amides is 3. The van der Waals surface area contributed by atoms with Crippen LogP contribution >= 0.6 is 12.4 Å². The predicted molar refractivity (Wildman–Crippen MR) is 318 cm³/mol. The van der Waals surface area contributed by atoms with E-state index in [0.29, 0.717) is 57.0 Å². The summed E-state index contributed by atoms with van der Waals surface area (Å²) in [7, 11) is 0. The Morgan fingerprint density at radius 1 is 0.521 bits per heavy atom. The summed E-state index contributed by atoms with van der Waals surface area (Å²) in [6, 6.07) is 5.12. The molecule has 6 aromatic rings. The maximum Gasteiger partial charge on any atom is 0.419 e. The van der Waals surface area contributed by atoms with Crippen LogP contribution in [0.25, 0.3) is 0 Å². The fourth-order valence-corrected chi connectivity index (χ4v) is 12.5. The smallest absolute Gasteiger partial charge is 0.419 e. The van der Waals surface area contributed by atoms with E-state index in [1.54, 1.807) is 4.90 Å². The molecular weight excluding hydrogens is 1330 g/mol. The molecule has 3 aromatic heterocycles. The number of aromatic amines is 3. The number of rotatable bonds is 5. The molecule has 96 heavy (non-hydrogen) atoms. The van der Waals surface area contributed by atoms with Gasteiger partial charge in [0.25, 0.3) is 11.8 Å². The minimum Gasteiger partial charge on any atom is -0.444 e. The number of hydrogen-bond donors (Lipinski definition) is 6. The van der Waals surface area contributed by atoms with Gasteiger partial charge in [-0.15, -0.1) is 12.4 Å². The number of halogens is 16. The average Bonchev–Trinajstić information content (AvgIpc) is 1.69. The van der Waals surface area contributed by atoms with Crippen LogP contribution in [0.3, 0.4) is 0 Å². The molecule has 526 valence electrons. The second kappa shape index (κ2) is 32.0. The SMILES string of the molecule is CC(C)(C)OC(=O)N1CCc2[nH]ccc2C1.Cl.Fc1cc(F)c(C(F)(F)F)c(C2CCNCC2)c1.O=C(c1n[nH]c2c1CNCC2)N1CCC(c2cc(F)cc(F)c2C(F)(F)F)CC1.O=C(c1n[nH]c2c1CNCC2)N1CCC(c2cc(F)cc(F)c2C(F)(F)F)CC1.O=C=O.[HH]. The summed E-state index contributed by atoms with van der Waals surface area (Å²) in [5, 5.41) is 23.3. The highest BCUT2D eigenvalue weighted by Gasteiger charge is 2.43. The van der Waals surface area contributed by atoms with E-state index in [0.717, 1.165) is 79.6 Å². The van der Waals surface area contributed by atoms with Crippen molar-refractivity contribution >= 4 is 36.5 Å². The summed E-state index contributed by atoms with van der Waals surface area (Å²) in [6.45, 7) is 11.5. The highest BCUT2D eigenvalue weighted by molar-refractivity contribution is 5.94. The molecular formula is C63H71ClF15N11O6. The Balaban J connectivity index is 0.000000206. The summed E-state index contributed by atoms with van der Waals surface area (Å²) in [5.41, 5.74) is 0.893. The monoisotopic (exact) mass is 1400 g/mol. The Labute approximate surface area is 547 Å². The van der Waals surface area contributed by atoms with Crippen LogP contribution in [0.15, 0.2) is 48.7 Å². The lowest BCUT2D eigenvalue weighted by atomic mass is 9.85. The molecule has 9 heterocycles. The first kappa shape index (κ1) is 75.5. The molecule has 0 spiro atoms. The Morgan fingerprint density at radius 3 is 1.26 bits per heavy atom. The summed E-state index contributed by atoms with van der Waals surface area (Å²) < 4.78 is 205. The van der Waals surface area contributed by atoms with Gasteiger partial charge in [-0.1, -0.05) is 0 Å². The maximum atomic E-state index is 13.9. The van der Waals surface area contributed by atoms with Crippen LogP contribution in [0.5, 0.6) is 0 Å². The van der Waals surface area contributed by atoms with Crippen molar-refractivity contribution in [2.45, 2.75) is 140 Å². The van der Waals surface area contributed by atoms with Crippen molar-refractivity contribution in [1.29, 1.82) is 0 Å². The number of alkyl halides is 9. The molecule has 0 atom stereocenters. The van der Waals surface area contributed by atoms with Gasteiger partial charge >= 0.3 is 30.8 Å². The molecule has 6 N–H and O–H groups in total.